The monoisotopic (exact) mass is 431 g/mol. The summed E-state index contributed by atoms with van der Waals surface area (Å²) < 4.78 is 32.7. The zero-order chi connectivity index (χ0) is 21.8. The van der Waals surface area contributed by atoms with Crippen LogP contribution >= 0.6 is 11.5 Å². The minimum atomic E-state index is -1.09. The van der Waals surface area contributed by atoms with Gasteiger partial charge < -0.3 is 22.1 Å². The van der Waals surface area contributed by atoms with Gasteiger partial charge in [-0.05, 0) is 48.3 Å². The van der Waals surface area contributed by atoms with E-state index in [1.165, 1.54) is 24.3 Å². The summed E-state index contributed by atoms with van der Waals surface area (Å²) in [6, 6.07) is 8.84. The number of carbonyl (C=O) groups is 2. The highest BCUT2D eigenvalue weighted by atomic mass is 32.1. The second-order valence-corrected chi connectivity index (χ2v) is 7.40. The maximum absolute atomic E-state index is 14.6. The standard InChI is InChI=1S/C20H19F2N5O2S/c1-10-6-18(30-27-10)26-15-9-16(14(22)8-12(15)19(23)28)25-17(20(24)29)7-11-4-2-3-5-13(11)21/h2-6,8-9,17,25-26H,7H2,1H3,(H2,23,28)(H2,24,29). The van der Waals surface area contributed by atoms with E-state index in [1.807, 2.05) is 0 Å². The van der Waals surface area contributed by atoms with E-state index in [1.54, 1.807) is 19.1 Å². The number of rotatable bonds is 8. The molecule has 3 rings (SSSR count). The van der Waals surface area contributed by atoms with Crippen LogP contribution < -0.4 is 22.1 Å². The molecular formula is C20H19F2N5O2S. The minimum absolute atomic E-state index is 0.0752. The van der Waals surface area contributed by atoms with E-state index < -0.39 is 29.5 Å². The van der Waals surface area contributed by atoms with Crippen molar-refractivity contribution in [3.8, 4) is 0 Å². The van der Waals surface area contributed by atoms with Crippen molar-refractivity contribution in [2.75, 3.05) is 10.6 Å². The molecule has 2 amide bonds. The Balaban J connectivity index is 1.93. The number of halogens is 2. The van der Waals surface area contributed by atoms with Crippen LogP contribution in [0, 0.1) is 18.6 Å². The Hall–Kier alpha value is -3.53. The lowest BCUT2D eigenvalue weighted by atomic mass is 10.0. The van der Waals surface area contributed by atoms with Gasteiger partial charge in [-0.15, -0.1) is 0 Å². The summed E-state index contributed by atoms with van der Waals surface area (Å²) in [5, 5.41) is 6.29. The number of hydrogen-bond donors (Lipinski definition) is 4. The summed E-state index contributed by atoms with van der Waals surface area (Å²) in [5.74, 6) is -2.93. The second-order valence-electron chi connectivity index (χ2n) is 6.59. The van der Waals surface area contributed by atoms with Crippen molar-refractivity contribution >= 4 is 39.7 Å². The van der Waals surface area contributed by atoms with Gasteiger partial charge in [0.1, 0.15) is 22.7 Å². The van der Waals surface area contributed by atoms with Crippen LogP contribution in [0.5, 0.6) is 0 Å². The lowest BCUT2D eigenvalue weighted by Gasteiger charge is -2.19. The third-order valence-electron chi connectivity index (χ3n) is 4.31. The van der Waals surface area contributed by atoms with Gasteiger partial charge in [-0.2, -0.15) is 4.37 Å². The summed E-state index contributed by atoms with van der Waals surface area (Å²) in [7, 11) is 0. The van der Waals surface area contributed by atoms with Gasteiger partial charge >= 0.3 is 0 Å². The van der Waals surface area contributed by atoms with E-state index in [-0.39, 0.29) is 28.9 Å². The largest absolute Gasteiger partial charge is 0.371 e. The van der Waals surface area contributed by atoms with Gasteiger partial charge in [0.05, 0.1) is 22.6 Å². The topological polar surface area (TPSA) is 123 Å². The highest BCUT2D eigenvalue weighted by molar-refractivity contribution is 7.10. The molecule has 0 saturated heterocycles. The third kappa shape index (κ3) is 4.90. The van der Waals surface area contributed by atoms with Crippen molar-refractivity contribution in [1.82, 2.24) is 4.37 Å². The molecule has 1 heterocycles. The average Bonchev–Trinajstić information content (AvgIpc) is 3.09. The summed E-state index contributed by atoms with van der Waals surface area (Å²) in [6.07, 6.45) is -0.0875. The number of hydrogen-bond acceptors (Lipinski definition) is 6. The van der Waals surface area contributed by atoms with Crippen molar-refractivity contribution in [3.63, 3.8) is 0 Å². The van der Waals surface area contributed by atoms with E-state index in [0.29, 0.717) is 5.00 Å². The number of aromatic nitrogens is 1. The molecule has 0 bridgehead atoms. The number of anilines is 3. The predicted octanol–water partition coefficient (Wildman–Crippen LogP) is 3.08. The Kier molecular flexibility index (Phi) is 6.26. The van der Waals surface area contributed by atoms with E-state index >= 15 is 0 Å². The Morgan fingerprint density at radius 2 is 1.83 bits per heavy atom. The SMILES string of the molecule is Cc1cc(Nc2cc(NC(Cc3ccccc3F)C(N)=O)c(F)cc2C(N)=O)sn1. The Morgan fingerprint density at radius 3 is 2.43 bits per heavy atom. The van der Waals surface area contributed by atoms with Gasteiger partial charge in [0, 0.05) is 6.42 Å². The number of nitrogens with one attached hydrogen (secondary N) is 2. The first-order chi connectivity index (χ1) is 14.2. The molecule has 30 heavy (non-hydrogen) atoms. The van der Waals surface area contributed by atoms with Crippen LogP contribution in [0.15, 0.2) is 42.5 Å². The number of carbonyl (C=O) groups excluding carboxylic acids is 2. The van der Waals surface area contributed by atoms with Gasteiger partial charge in [-0.1, -0.05) is 18.2 Å². The molecule has 1 unspecified atom stereocenters. The molecule has 1 atom stereocenters. The van der Waals surface area contributed by atoms with Gasteiger partial charge in [-0.25, -0.2) is 8.78 Å². The second kappa shape index (κ2) is 8.87. The summed E-state index contributed by atoms with van der Waals surface area (Å²) >= 11 is 1.15. The molecule has 156 valence electrons. The normalized spacial score (nSPS) is 11.7. The smallest absolute Gasteiger partial charge is 0.250 e. The van der Waals surface area contributed by atoms with Crippen molar-refractivity contribution in [3.05, 3.63) is 70.9 Å². The molecular weight excluding hydrogens is 412 g/mol. The Labute approximate surface area is 175 Å². The zero-order valence-corrected chi connectivity index (χ0v) is 16.7. The lowest BCUT2D eigenvalue weighted by Crippen LogP contribution is -2.37. The fourth-order valence-corrected chi connectivity index (χ4v) is 3.51. The first-order valence-electron chi connectivity index (χ1n) is 8.87. The van der Waals surface area contributed by atoms with Gasteiger partial charge in [-0.3, -0.25) is 9.59 Å². The fraction of sp³-hybridized carbons (Fsp3) is 0.150. The molecule has 0 aliphatic heterocycles. The van der Waals surface area contributed by atoms with Crippen LogP contribution in [0.3, 0.4) is 0 Å². The van der Waals surface area contributed by atoms with Crippen LogP contribution in [0.1, 0.15) is 21.6 Å². The first-order valence-corrected chi connectivity index (χ1v) is 9.65. The quantitative estimate of drug-likeness (QED) is 0.436. The highest BCUT2D eigenvalue weighted by Crippen LogP contribution is 2.30. The first kappa shape index (κ1) is 21.2. The number of aryl methyl sites for hydroxylation is 1. The molecule has 0 aliphatic rings. The molecule has 7 nitrogen and oxygen atoms in total. The highest BCUT2D eigenvalue weighted by Gasteiger charge is 2.21. The van der Waals surface area contributed by atoms with Crippen molar-refractivity contribution in [2.24, 2.45) is 11.5 Å². The van der Waals surface area contributed by atoms with E-state index in [9.17, 15) is 18.4 Å². The molecule has 1 aromatic heterocycles. The van der Waals surface area contributed by atoms with Gasteiger partial charge in [0.25, 0.3) is 5.91 Å². The van der Waals surface area contributed by atoms with Crippen LogP contribution in [-0.2, 0) is 11.2 Å². The Morgan fingerprint density at radius 1 is 1.10 bits per heavy atom. The third-order valence-corrected chi connectivity index (χ3v) is 5.11. The molecule has 2 aromatic carbocycles. The number of nitrogens with zero attached hydrogens (tertiary/aromatic N) is 1. The van der Waals surface area contributed by atoms with Crippen LogP contribution in [0.2, 0.25) is 0 Å². The number of amides is 2. The average molecular weight is 431 g/mol. The molecule has 0 fully saturated rings. The summed E-state index contributed by atoms with van der Waals surface area (Å²) in [5.41, 5.74) is 11.9. The maximum Gasteiger partial charge on any atom is 0.250 e. The zero-order valence-electron chi connectivity index (χ0n) is 15.9. The predicted molar refractivity (Wildman–Crippen MR) is 112 cm³/mol. The molecule has 0 saturated carbocycles. The van der Waals surface area contributed by atoms with E-state index in [0.717, 1.165) is 23.3 Å². The number of primary amides is 2. The van der Waals surface area contributed by atoms with Gasteiger partial charge in [0.2, 0.25) is 5.91 Å². The number of nitrogens with two attached hydrogens (primary N) is 2. The van der Waals surface area contributed by atoms with Crippen molar-refractivity contribution < 1.29 is 18.4 Å². The number of benzene rings is 2. The summed E-state index contributed by atoms with van der Waals surface area (Å²) in [6.45, 7) is 1.80. The van der Waals surface area contributed by atoms with Crippen molar-refractivity contribution in [1.29, 1.82) is 0 Å². The Bertz CT molecular complexity index is 1100. The van der Waals surface area contributed by atoms with E-state index in [4.69, 9.17) is 11.5 Å². The van der Waals surface area contributed by atoms with Gasteiger partial charge in [0.15, 0.2) is 0 Å². The molecule has 10 heteroatoms. The van der Waals surface area contributed by atoms with E-state index in [2.05, 4.69) is 15.0 Å². The molecule has 3 aromatic rings. The fourth-order valence-electron chi connectivity index (χ4n) is 2.84. The molecule has 6 N–H and O–H groups in total. The molecule has 0 aliphatic carbocycles. The van der Waals surface area contributed by atoms with Crippen LogP contribution in [-0.4, -0.2) is 22.2 Å². The minimum Gasteiger partial charge on any atom is -0.371 e. The van der Waals surface area contributed by atoms with Crippen LogP contribution in [0.4, 0.5) is 25.2 Å². The lowest BCUT2D eigenvalue weighted by molar-refractivity contribution is -0.118. The summed E-state index contributed by atoms with van der Waals surface area (Å²) in [4.78, 5) is 23.7. The molecule has 0 spiro atoms. The molecule has 0 radical (unpaired) electrons. The maximum atomic E-state index is 14.6. The van der Waals surface area contributed by atoms with Crippen molar-refractivity contribution in [2.45, 2.75) is 19.4 Å². The van der Waals surface area contributed by atoms with Crippen LogP contribution in [0.25, 0.3) is 0 Å².